The Hall–Kier alpha value is -4.71. The van der Waals surface area contributed by atoms with Crippen molar-refractivity contribution in [3.63, 3.8) is 0 Å². The summed E-state index contributed by atoms with van der Waals surface area (Å²) in [6.45, 7) is 0.260. The average Bonchev–Trinajstić information content (AvgIpc) is 3.38. The Morgan fingerprint density at radius 3 is 2.35 bits per heavy atom. The van der Waals surface area contributed by atoms with Gasteiger partial charge < -0.3 is 19.1 Å². The lowest BCUT2D eigenvalue weighted by molar-refractivity contribution is -0.138. The number of hydrogen-bond donors (Lipinski definition) is 1. The van der Waals surface area contributed by atoms with Crippen molar-refractivity contribution in [2.24, 2.45) is 0 Å². The number of para-hydroxylation sites is 1. The van der Waals surface area contributed by atoms with Crippen LogP contribution < -0.4 is 23.8 Å². The topological polar surface area (TPSA) is 94.2 Å². The second kappa shape index (κ2) is 11.9. The summed E-state index contributed by atoms with van der Waals surface area (Å²) < 4.78 is 85.2. The molecule has 1 heterocycles. The van der Waals surface area contributed by atoms with Crippen LogP contribution in [0, 0.1) is 0 Å². The Labute approximate surface area is 246 Å². The lowest BCUT2D eigenvalue weighted by Crippen LogP contribution is -2.24. The van der Waals surface area contributed by atoms with Gasteiger partial charge >= 0.3 is 6.18 Å². The summed E-state index contributed by atoms with van der Waals surface area (Å²) in [6.07, 6.45) is -4.48. The second-order valence-electron chi connectivity index (χ2n) is 9.75. The molecule has 0 aromatic heterocycles. The van der Waals surface area contributed by atoms with Crippen molar-refractivity contribution in [3.8, 4) is 23.0 Å². The number of alkyl halides is 3. The quantitative estimate of drug-likeness (QED) is 0.223. The molecule has 1 atom stereocenters. The van der Waals surface area contributed by atoms with Gasteiger partial charge in [-0.2, -0.15) is 13.2 Å². The normalized spacial score (nSPS) is 15.3. The van der Waals surface area contributed by atoms with Gasteiger partial charge in [0.15, 0.2) is 11.5 Å². The number of rotatable bonds is 9. The average molecular weight is 613 g/mol. The second-order valence-corrected chi connectivity index (χ2v) is 11.4. The van der Waals surface area contributed by atoms with E-state index in [1.807, 2.05) is 0 Å². The molecule has 4 aromatic carbocycles. The first-order valence-corrected chi connectivity index (χ1v) is 14.6. The van der Waals surface area contributed by atoms with Gasteiger partial charge in [-0.15, -0.1) is 0 Å². The number of halogens is 3. The Balaban J connectivity index is 1.37. The standard InChI is InChI=1S/C31H27F3N2O6S/c1-40-24-9-6-10-25(18-24)43(38,39)35-22-7-5-8-23(17-22)36-19-21(16-30(36)37)20-13-14-28(41-2)29(15-20)42-27-12-4-3-11-26(27)31(32,33)34/h3-15,17-18,21,35H,16,19H2,1-2H3. The zero-order valence-electron chi connectivity index (χ0n) is 23.1. The molecular formula is C31H27F3N2O6S. The molecule has 1 N–H and O–H groups in total. The van der Waals surface area contributed by atoms with E-state index in [1.54, 1.807) is 54.6 Å². The number of amides is 1. The lowest BCUT2D eigenvalue weighted by atomic mass is 9.98. The molecule has 1 aliphatic heterocycles. The smallest absolute Gasteiger partial charge is 0.419 e. The molecule has 1 amide bonds. The van der Waals surface area contributed by atoms with Gasteiger partial charge in [0.25, 0.3) is 10.0 Å². The summed E-state index contributed by atoms with van der Waals surface area (Å²) in [5.41, 5.74) is 0.500. The molecule has 1 aliphatic rings. The largest absolute Gasteiger partial charge is 0.497 e. The SMILES string of the molecule is COc1cccc(S(=O)(=O)Nc2cccc(N3CC(c4ccc(OC)c(Oc5ccccc5C(F)(F)F)c4)CC3=O)c2)c1. The highest BCUT2D eigenvalue weighted by molar-refractivity contribution is 7.92. The predicted octanol–water partition coefficient (Wildman–Crippen LogP) is 6.84. The molecular weight excluding hydrogens is 585 g/mol. The maximum absolute atomic E-state index is 13.5. The monoisotopic (exact) mass is 612 g/mol. The first-order valence-electron chi connectivity index (χ1n) is 13.1. The van der Waals surface area contributed by atoms with Gasteiger partial charge in [-0.25, -0.2) is 8.42 Å². The minimum Gasteiger partial charge on any atom is -0.497 e. The number of nitrogens with one attached hydrogen (secondary N) is 1. The van der Waals surface area contributed by atoms with Gasteiger partial charge in [-0.1, -0.05) is 30.3 Å². The Morgan fingerprint density at radius 1 is 0.837 bits per heavy atom. The summed E-state index contributed by atoms with van der Waals surface area (Å²) in [5.74, 6) is -0.173. The van der Waals surface area contributed by atoms with E-state index in [1.165, 1.54) is 49.5 Å². The fourth-order valence-corrected chi connectivity index (χ4v) is 5.92. The van der Waals surface area contributed by atoms with Crippen molar-refractivity contribution >= 4 is 27.3 Å². The molecule has 12 heteroatoms. The van der Waals surface area contributed by atoms with Gasteiger partial charge in [0, 0.05) is 30.6 Å². The predicted molar refractivity (Wildman–Crippen MR) is 154 cm³/mol. The van der Waals surface area contributed by atoms with Crippen molar-refractivity contribution in [2.45, 2.75) is 23.4 Å². The van der Waals surface area contributed by atoms with E-state index >= 15 is 0 Å². The molecule has 0 bridgehead atoms. The highest BCUT2D eigenvalue weighted by Gasteiger charge is 2.35. The fraction of sp³-hybridized carbons (Fsp3) is 0.194. The van der Waals surface area contributed by atoms with Crippen molar-refractivity contribution in [1.29, 1.82) is 0 Å². The summed E-state index contributed by atoms with van der Waals surface area (Å²) >= 11 is 0. The van der Waals surface area contributed by atoms with Gasteiger partial charge in [0.1, 0.15) is 11.5 Å². The first kappa shape index (κ1) is 29.8. The molecule has 0 spiro atoms. The van der Waals surface area contributed by atoms with Crippen LogP contribution in [-0.4, -0.2) is 35.1 Å². The third kappa shape index (κ3) is 6.54. The number of nitrogens with zero attached hydrogens (tertiary/aromatic N) is 1. The van der Waals surface area contributed by atoms with Crippen LogP contribution in [-0.2, 0) is 21.0 Å². The number of benzene rings is 4. The van der Waals surface area contributed by atoms with Gasteiger partial charge in [0.05, 0.1) is 30.4 Å². The molecule has 43 heavy (non-hydrogen) atoms. The van der Waals surface area contributed by atoms with Crippen LogP contribution >= 0.6 is 0 Å². The van der Waals surface area contributed by atoms with E-state index in [-0.39, 0.29) is 52.6 Å². The molecule has 0 radical (unpaired) electrons. The Kier molecular flexibility index (Phi) is 8.23. The number of methoxy groups -OCH3 is 2. The number of carbonyl (C=O) groups is 1. The van der Waals surface area contributed by atoms with E-state index in [4.69, 9.17) is 14.2 Å². The van der Waals surface area contributed by atoms with Crippen LogP contribution in [0.4, 0.5) is 24.5 Å². The van der Waals surface area contributed by atoms with Crippen molar-refractivity contribution in [1.82, 2.24) is 0 Å². The van der Waals surface area contributed by atoms with E-state index in [9.17, 15) is 26.4 Å². The van der Waals surface area contributed by atoms with Crippen LogP contribution in [0.1, 0.15) is 23.5 Å². The number of hydrogen-bond acceptors (Lipinski definition) is 6. The van der Waals surface area contributed by atoms with Crippen molar-refractivity contribution in [2.75, 3.05) is 30.4 Å². The Bertz CT molecular complexity index is 1760. The van der Waals surface area contributed by atoms with Crippen molar-refractivity contribution < 1.29 is 40.6 Å². The Morgan fingerprint density at radius 2 is 1.60 bits per heavy atom. The van der Waals surface area contributed by atoms with E-state index in [0.717, 1.165) is 6.07 Å². The van der Waals surface area contributed by atoms with E-state index in [2.05, 4.69) is 4.72 Å². The number of sulfonamides is 1. The first-order chi connectivity index (χ1) is 20.5. The molecule has 4 aromatic rings. The van der Waals surface area contributed by atoms with Gasteiger partial charge in [-0.05, 0) is 60.2 Å². The molecule has 8 nitrogen and oxygen atoms in total. The lowest BCUT2D eigenvalue weighted by Gasteiger charge is -2.19. The molecule has 5 rings (SSSR count). The van der Waals surface area contributed by atoms with Gasteiger partial charge in [-0.3, -0.25) is 9.52 Å². The van der Waals surface area contributed by atoms with Crippen LogP contribution in [0.3, 0.4) is 0 Å². The van der Waals surface area contributed by atoms with Crippen LogP contribution in [0.25, 0.3) is 0 Å². The summed E-state index contributed by atoms with van der Waals surface area (Å²) in [4.78, 5) is 14.7. The third-order valence-corrected chi connectivity index (χ3v) is 8.34. The maximum Gasteiger partial charge on any atom is 0.419 e. The van der Waals surface area contributed by atoms with E-state index < -0.39 is 21.8 Å². The molecule has 1 saturated heterocycles. The van der Waals surface area contributed by atoms with Crippen molar-refractivity contribution in [3.05, 3.63) is 102 Å². The minimum absolute atomic E-state index is 0.0185. The number of anilines is 2. The third-order valence-electron chi connectivity index (χ3n) is 6.96. The molecule has 224 valence electrons. The molecule has 0 saturated carbocycles. The minimum atomic E-state index is -4.61. The van der Waals surface area contributed by atoms with Crippen LogP contribution in [0.5, 0.6) is 23.0 Å². The molecule has 1 fully saturated rings. The van der Waals surface area contributed by atoms with E-state index in [0.29, 0.717) is 17.0 Å². The van der Waals surface area contributed by atoms with Crippen LogP contribution in [0.15, 0.2) is 95.9 Å². The molecule has 0 aliphatic carbocycles. The zero-order valence-corrected chi connectivity index (χ0v) is 23.9. The molecule has 1 unspecified atom stereocenters. The maximum atomic E-state index is 13.5. The highest BCUT2D eigenvalue weighted by atomic mass is 32.2. The number of ether oxygens (including phenoxy) is 3. The van der Waals surface area contributed by atoms with Gasteiger partial charge in [0.2, 0.25) is 5.91 Å². The highest BCUT2D eigenvalue weighted by Crippen LogP contribution is 2.42. The summed E-state index contributed by atoms with van der Waals surface area (Å²) in [5, 5.41) is 0. The fourth-order valence-electron chi connectivity index (χ4n) is 4.84. The van der Waals surface area contributed by atoms with Crippen LogP contribution in [0.2, 0.25) is 0 Å². The summed E-state index contributed by atoms with van der Waals surface area (Å²) in [7, 11) is -1.11. The zero-order chi connectivity index (χ0) is 30.8. The number of carbonyl (C=O) groups excluding carboxylic acids is 1. The summed E-state index contributed by atoms with van der Waals surface area (Å²) in [6, 6.07) is 22.3.